The smallest absolute Gasteiger partial charge is 0.262 e. The Morgan fingerprint density at radius 2 is 1.92 bits per heavy atom. The number of ether oxygens (including phenoxy) is 1. The molecule has 4 rings (SSSR count). The number of hydrogen-bond donors (Lipinski definition) is 0. The molecule has 4 nitrogen and oxygen atoms in total. The zero-order valence-electron chi connectivity index (χ0n) is 13.9. The lowest BCUT2D eigenvalue weighted by atomic mass is 10.1. The summed E-state index contributed by atoms with van der Waals surface area (Å²) in [4.78, 5) is 17.9. The van der Waals surface area contributed by atoms with Gasteiger partial charge in [0.05, 0.1) is 17.0 Å². The molecule has 2 fully saturated rings. The highest BCUT2D eigenvalue weighted by Gasteiger charge is 2.24. The minimum atomic E-state index is 0.125. The Morgan fingerprint density at radius 3 is 2.71 bits per heavy atom. The van der Waals surface area contributed by atoms with Crippen LogP contribution in [0.2, 0.25) is 0 Å². The van der Waals surface area contributed by atoms with Gasteiger partial charge in [-0.25, -0.2) is 4.98 Å². The van der Waals surface area contributed by atoms with E-state index in [0.29, 0.717) is 12.1 Å². The molecule has 128 valence electrons. The van der Waals surface area contributed by atoms with E-state index in [-0.39, 0.29) is 5.56 Å². The quantitative estimate of drug-likeness (QED) is 0.617. The number of para-hydroxylation sites is 1. The molecular weight excluding hydrogens is 320 g/mol. The van der Waals surface area contributed by atoms with E-state index in [1.165, 1.54) is 25.7 Å². The molecule has 1 saturated heterocycles. The molecule has 2 aliphatic rings. The molecule has 0 amide bonds. The van der Waals surface area contributed by atoms with Crippen LogP contribution in [0.5, 0.6) is 0 Å². The first-order valence-electron chi connectivity index (χ1n) is 9.08. The minimum Gasteiger partial charge on any atom is -0.377 e. The van der Waals surface area contributed by atoms with Gasteiger partial charge in [0.2, 0.25) is 0 Å². The van der Waals surface area contributed by atoms with Crippen molar-refractivity contribution in [3.63, 3.8) is 0 Å². The highest BCUT2D eigenvalue weighted by molar-refractivity contribution is 7.99. The molecule has 0 N–H and O–H groups in total. The van der Waals surface area contributed by atoms with Crippen molar-refractivity contribution in [3.8, 4) is 0 Å². The molecular formula is C19H24N2O2S. The Balaban J connectivity index is 1.68. The van der Waals surface area contributed by atoms with Crippen LogP contribution in [0.4, 0.5) is 0 Å². The Kier molecular flexibility index (Phi) is 4.90. The lowest BCUT2D eigenvalue weighted by molar-refractivity contribution is 0.0315. The van der Waals surface area contributed by atoms with E-state index in [1.807, 2.05) is 28.8 Å². The van der Waals surface area contributed by atoms with E-state index in [0.717, 1.165) is 47.7 Å². The maximum Gasteiger partial charge on any atom is 0.262 e. The molecule has 5 heteroatoms. The lowest BCUT2D eigenvalue weighted by Gasteiger charge is -2.23. The summed E-state index contributed by atoms with van der Waals surface area (Å²) >= 11 is 1.70. The third kappa shape index (κ3) is 3.24. The van der Waals surface area contributed by atoms with Gasteiger partial charge in [-0.05, 0) is 44.2 Å². The van der Waals surface area contributed by atoms with Gasteiger partial charge in [0, 0.05) is 18.4 Å². The van der Waals surface area contributed by atoms with Crippen molar-refractivity contribution in [3.05, 3.63) is 34.6 Å². The van der Waals surface area contributed by atoms with E-state index in [1.54, 1.807) is 11.8 Å². The lowest BCUT2D eigenvalue weighted by Crippen LogP contribution is -2.27. The fraction of sp³-hybridized carbons (Fsp3) is 0.579. The van der Waals surface area contributed by atoms with Gasteiger partial charge in [-0.15, -0.1) is 0 Å². The number of benzene rings is 1. The first kappa shape index (κ1) is 16.2. The summed E-state index contributed by atoms with van der Waals surface area (Å²) in [6.45, 7) is 0.867. The number of rotatable bonds is 4. The third-order valence-electron chi connectivity index (χ3n) is 5.14. The predicted molar refractivity (Wildman–Crippen MR) is 97.8 cm³/mol. The van der Waals surface area contributed by atoms with Gasteiger partial charge in [-0.2, -0.15) is 0 Å². The summed E-state index contributed by atoms with van der Waals surface area (Å²) in [6.07, 6.45) is 8.42. The van der Waals surface area contributed by atoms with Crippen LogP contribution in [0.15, 0.2) is 34.2 Å². The average Bonchev–Trinajstić information content (AvgIpc) is 3.15. The second-order valence-corrected chi connectivity index (χ2v) is 7.81. The van der Waals surface area contributed by atoms with Crippen LogP contribution in [-0.4, -0.2) is 28.0 Å². The number of nitrogens with zero attached hydrogens (tertiary/aromatic N) is 2. The fourth-order valence-electron chi connectivity index (χ4n) is 3.82. The van der Waals surface area contributed by atoms with Crippen LogP contribution < -0.4 is 5.56 Å². The van der Waals surface area contributed by atoms with Gasteiger partial charge in [0.15, 0.2) is 5.16 Å². The standard InChI is InChI=1S/C19H24N2O2S/c22-18-16-10-3-4-11-17(16)20-19(21(18)14-7-1-2-8-14)24-13-15-9-5-6-12-23-15/h3-4,10-11,14-15H,1-2,5-9,12-13H2/t15-/m1/s1. The Labute approximate surface area is 146 Å². The highest BCUT2D eigenvalue weighted by atomic mass is 32.2. The molecule has 1 aliphatic heterocycles. The first-order valence-corrected chi connectivity index (χ1v) is 10.1. The summed E-state index contributed by atoms with van der Waals surface area (Å²) in [7, 11) is 0. The van der Waals surface area contributed by atoms with Gasteiger partial charge in [-0.1, -0.05) is 36.7 Å². The highest BCUT2D eigenvalue weighted by Crippen LogP contribution is 2.32. The fourth-order valence-corrected chi connectivity index (χ4v) is 4.95. The zero-order chi connectivity index (χ0) is 16.4. The maximum atomic E-state index is 13.1. The average molecular weight is 344 g/mol. The second kappa shape index (κ2) is 7.28. The molecule has 1 atom stereocenters. The van der Waals surface area contributed by atoms with E-state index in [2.05, 4.69) is 0 Å². The predicted octanol–water partition coefficient (Wildman–Crippen LogP) is 4.17. The summed E-state index contributed by atoms with van der Waals surface area (Å²) < 4.78 is 7.82. The zero-order valence-corrected chi connectivity index (χ0v) is 14.8. The molecule has 1 aromatic carbocycles. The van der Waals surface area contributed by atoms with E-state index in [4.69, 9.17) is 9.72 Å². The summed E-state index contributed by atoms with van der Waals surface area (Å²) in [5.74, 6) is 0.886. The van der Waals surface area contributed by atoms with Crippen LogP contribution in [0.1, 0.15) is 51.0 Å². The first-order chi connectivity index (χ1) is 11.8. The second-order valence-electron chi connectivity index (χ2n) is 6.82. The van der Waals surface area contributed by atoms with Crippen molar-refractivity contribution in [1.29, 1.82) is 0 Å². The van der Waals surface area contributed by atoms with Crippen molar-refractivity contribution in [2.24, 2.45) is 0 Å². The third-order valence-corrected chi connectivity index (χ3v) is 6.22. The number of fused-ring (bicyclic) bond motifs is 1. The monoisotopic (exact) mass is 344 g/mol. The molecule has 1 aliphatic carbocycles. The molecule has 0 bridgehead atoms. The van der Waals surface area contributed by atoms with Crippen LogP contribution in [0.3, 0.4) is 0 Å². The summed E-state index contributed by atoms with van der Waals surface area (Å²) in [5, 5.41) is 1.61. The van der Waals surface area contributed by atoms with Crippen molar-refractivity contribution in [2.75, 3.05) is 12.4 Å². The van der Waals surface area contributed by atoms with Crippen molar-refractivity contribution < 1.29 is 4.74 Å². The molecule has 1 aromatic heterocycles. The molecule has 24 heavy (non-hydrogen) atoms. The van der Waals surface area contributed by atoms with Crippen LogP contribution in [0, 0.1) is 0 Å². The van der Waals surface area contributed by atoms with Crippen LogP contribution in [0.25, 0.3) is 10.9 Å². The van der Waals surface area contributed by atoms with E-state index in [9.17, 15) is 4.79 Å². The van der Waals surface area contributed by atoms with Crippen molar-refractivity contribution >= 4 is 22.7 Å². The van der Waals surface area contributed by atoms with Gasteiger partial charge in [-0.3, -0.25) is 9.36 Å². The van der Waals surface area contributed by atoms with E-state index < -0.39 is 0 Å². The van der Waals surface area contributed by atoms with Gasteiger partial charge >= 0.3 is 0 Å². The summed E-state index contributed by atoms with van der Waals surface area (Å²) in [5.41, 5.74) is 0.934. The topological polar surface area (TPSA) is 44.1 Å². The Morgan fingerprint density at radius 1 is 1.12 bits per heavy atom. The number of aromatic nitrogens is 2. The molecule has 1 saturated carbocycles. The van der Waals surface area contributed by atoms with E-state index >= 15 is 0 Å². The normalized spacial score (nSPS) is 22.2. The summed E-state index contributed by atoms with van der Waals surface area (Å²) in [6, 6.07) is 8.02. The molecule has 0 radical (unpaired) electrons. The SMILES string of the molecule is O=c1c2ccccc2nc(SC[C@H]2CCCCO2)n1C1CCCC1. The van der Waals surface area contributed by atoms with Crippen LogP contribution >= 0.6 is 11.8 Å². The van der Waals surface area contributed by atoms with Gasteiger partial charge < -0.3 is 4.74 Å². The van der Waals surface area contributed by atoms with Gasteiger partial charge in [0.1, 0.15) is 0 Å². The molecule has 2 heterocycles. The Bertz CT molecular complexity index is 762. The minimum absolute atomic E-state index is 0.125. The molecule has 2 aromatic rings. The molecule has 0 spiro atoms. The Hall–Kier alpha value is -1.33. The molecule has 0 unspecified atom stereocenters. The largest absolute Gasteiger partial charge is 0.377 e. The maximum absolute atomic E-state index is 13.1. The number of hydrogen-bond acceptors (Lipinski definition) is 4. The van der Waals surface area contributed by atoms with Crippen molar-refractivity contribution in [1.82, 2.24) is 9.55 Å². The number of thioether (sulfide) groups is 1. The van der Waals surface area contributed by atoms with Crippen molar-refractivity contribution in [2.45, 2.75) is 62.2 Å². The van der Waals surface area contributed by atoms with Gasteiger partial charge in [0.25, 0.3) is 5.56 Å². The van der Waals surface area contributed by atoms with Crippen LogP contribution in [-0.2, 0) is 4.74 Å².